The molecular formula is C13H14BrN2S-. The average Bonchev–Trinajstić information content (AvgIpc) is 2.60. The Morgan fingerprint density at radius 1 is 1.12 bits per heavy atom. The molecule has 0 atom stereocenters. The Morgan fingerprint density at radius 2 is 1.94 bits per heavy atom. The Bertz CT molecular complexity index is 442. The van der Waals surface area contributed by atoms with Crippen molar-refractivity contribution in [2.45, 2.75) is 12.8 Å². The first kappa shape index (κ1) is 12.7. The zero-order chi connectivity index (χ0) is 10.8. The van der Waals surface area contributed by atoms with Gasteiger partial charge in [0.15, 0.2) is 5.17 Å². The fourth-order valence-corrected chi connectivity index (χ4v) is 3.03. The number of amidine groups is 1. The molecule has 0 N–H and O–H groups in total. The molecule has 3 rings (SSSR count). The van der Waals surface area contributed by atoms with Crippen LogP contribution in [0.15, 0.2) is 40.7 Å². The first-order chi connectivity index (χ1) is 7.95. The van der Waals surface area contributed by atoms with Gasteiger partial charge in [0, 0.05) is 18.5 Å². The summed E-state index contributed by atoms with van der Waals surface area (Å²) in [6, 6.07) is 10.6. The molecule has 0 aromatic heterocycles. The fraction of sp³-hybridized carbons (Fsp3) is 0.308. The van der Waals surface area contributed by atoms with Gasteiger partial charge in [-0.1, -0.05) is 42.1 Å². The van der Waals surface area contributed by atoms with Crippen molar-refractivity contribution in [3.63, 3.8) is 0 Å². The van der Waals surface area contributed by atoms with Gasteiger partial charge < -0.3 is 21.9 Å². The van der Waals surface area contributed by atoms with E-state index >= 15 is 0 Å². The second kappa shape index (κ2) is 5.74. The Hall–Kier alpha value is -0.740. The molecule has 2 nitrogen and oxygen atoms in total. The van der Waals surface area contributed by atoms with E-state index in [9.17, 15) is 0 Å². The molecule has 0 fully saturated rings. The Balaban J connectivity index is 0.00000108. The minimum absolute atomic E-state index is 0. The number of rotatable bonds is 1. The van der Waals surface area contributed by atoms with Gasteiger partial charge in [0.2, 0.25) is 0 Å². The van der Waals surface area contributed by atoms with Crippen molar-refractivity contribution in [3.8, 4) is 0 Å². The molecule has 4 heteroatoms. The third-order valence-corrected chi connectivity index (χ3v) is 3.81. The van der Waals surface area contributed by atoms with Crippen molar-refractivity contribution in [2.24, 2.45) is 4.99 Å². The monoisotopic (exact) mass is 309 g/mol. The maximum Gasteiger partial charge on any atom is 0.168 e. The van der Waals surface area contributed by atoms with Crippen molar-refractivity contribution < 1.29 is 17.0 Å². The Labute approximate surface area is 117 Å². The topological polar surface area (TPSA) is 15.6 Å². The highest BCUT2D eigenvalue weighted by molar-refractivity contribution is 8.16. The van der Waals surface area contributed by atoms with Gasteiger partial charge >= 0.3 is 0 Å². The van der Waals surface area contributed by atoms with Crippen molar-refractivity contribution in [1.82, 2.24) is 4.90 Å². The van der Waals surface area contributed by atoms with E-state index in [1.807, 2.05) is 0 Å². The second-order valence-electron chi connectivity index (χ2n) is 4.01. The van der Waals surface area contributed by atoms with Gasteiger partial charge in [-0.15, -0.1) is 0 Å². The van der Waals surface area contributed by atoms with Crippen LogP contribution < -0.4 is 17.0 Å². The smallest absolute Gasteiger partial charge is 0.168 e. The van der Waals surface area contributed by atoms with Gasteiger partial charge in [-0.25, -0.2) is 0 Å². The fourth-order valence-electron chi connectivity index (χ4n) is 2.07. The first-order valence-electron chi connectivity index (χ1n) is 5.69. The molecule has 1 aromatic carbocycles. The Morgan fingerprint density at radius 3 is 2.76 bits per heavy atom. The van der Waals surface area contributed by atoms with E-state index in [1.165, 1.54) is 29.3 Å². The minimum Gasteiger partial charge on any atom is -1.00 e. The van der Waals surface area contributed by atoms with E-state index in [1.54, 1.807) is 11.8 Å². The molecule has 0 aliphatic carbocycles. The van der Waals surface area contributed by atoms with E-state index in [0.717, 1.165) is 13.1 Å². The normalized spacial score (nSPS) is 18.7. The third-order valence-electron chi connectivity index (χ3n) is 2.90. The van der Waals surface area contributed by atoms with Crippen LogP contribution >= 0.6 is 11.8 Å². The maximum atomic E-state index is 4.61. The van der Waals surface area contributed by atoms with Crippen LogP contribution in [0.3, 0.4) is 0 Å². The van der Waals surface area contributed by atoms with Crippen LogP contribution in [0.1, 0.15) is 18.4 Å². The summed E-state index contributed by atoms with van der Waals surface area (Å²) in [6.07, 6.45) is 2.44. The third kappa shape index (κ3) is 2.58. The number of hydrogen-bond acceptors (Lipinski definition) is 3. The molecule has 0 saturated carbocycles. The molecule has 2 aliphatic heterocycles. The SMILES string of the molecule is C1=C(c2ccccc2)N2CCCCN=C2S1.[Br-]. The van der Waals surface area contributed by atoms with E-state index in [0.29, 0.717) is 0 Å². The minimum atomic E-state index is 0. The van der Waals surface area contributed by atoms with Crippen LogP contribution in [0.2, 0.25) is 0 Å². The molecule has 2 aliphatic rings. The summed E-state index contributed by atoms with van der Waals surface area (Å²) in [5.41, 5.74) is 2.60. The summed E-state index contributed by atoms with van der Waals surface area (Å²) in [5.74, 6) is 0. The van der Waals surface area contributed by atoms with Crippen LogP contribution in [0.25, 0.3) is 5.70 Å². The van der Waals surface area contributed by atoms with E-state index in [-0.39, 0.29) is 17.0 Å². The molecule has 0 saturated heterocycles. The van der Waals surface area contributed by atoms with Crippen LogP contribution in [0, 0.1) is 0 Å². The van der Waals surface area contributed by atoms with Crippen molar-refractivity contribution in [3.05, 3.63) is 41.3 Å². The number of fused-ring (bicyclic) bond motifs is 1. The second-order valence-corrected chi connectivity index (χ2v) is 4.85. The number of benzene rings is 1. The summed E-state index contributed by atoms with van der Waals surface area (Å²) < 4.78 is 0. The highest BCUT2D eigenvalue weighted by atomic mass is 79.9. The molecule has 0 bridgehead atoms. The van der Waals surface area contributed by atoms with Crippen LogP contribution in [-0.4, -0.2) is 23.2 Å². The number of halogens is 1. The van der Waals surface area contributed by atoms with Crippen molar-refractivity contribution in [1.29, 1.82) is 0 Å². The predicted molar refractivity (Wildman–Crippen MR) is 70.3 cm³/mol. The predicted octanol–water partition coefficient (Wildman–Crippen LogP) is 0.188. The highest BCUT2D eigenvalue weighted by Gasteiger charge is 2.24. The standard InChI is InChI=1S/C13H14N2S.BrH/c1-2-6-11(7-3-1)12-10-16-13-14-8-4-5-9-15(12)13;/h1-3,6-7,10H,4-5,8-9H2;1H/p-1. The summed E-state index contributed by atoms with van der Waals surface area (Å²) >= 11 is 1.76. The van der Waals surface area contributed by atoms with Gasteiger partial charge in [-0.2, -0.15) is 0 Å². The van der Waals surface area contributed by atoms with Crippen LogP contribution in [0.4, 0.5) is 0 Å². The maximum absolute atomic E-state index is 4.61. The molecule has 0 unspecified atom stereocenters. The highest BCUT2D eigenvalue weighted by Crippen LogP contribution is 2.34. The lowest BCUT2D eigenvalue weighted by atomic mass is 10.1. The van der Waals surface area contributed by atoms with Crippen LogP contribution in [-0.2, 0) is 0 Å². The van der Waals surface area contributed by atoms with E-state index in [2.05, 4.69) is 45.6 Å². The number of aliphatic imine (C=N–C) groups is 1. The number of hydrogen-bond donors (Lipinski definition) is 0. The number of thioether (sulfide) groups is 1. The summed E-state index contributed by atoms with van der Waals surface area (Å²) in [4.78, 5) is 6.97. The lowest BCUT2D eigenvalue weighted by Crippen LogP contribution is -3.00. The molecular weight excluding hydrogens is 296 g/mol. The van der Waals surface area contributed by atoms with Gasteiger partial charge in [0.05, 0.1) is 5.70 Å². The summed E-state index contributed by atoms with van der Waals surface area (Å²) in [7, 11) is 0. The zero-order valence-electron chi connectivity index (χ0n) is 9.47. The van der Waals surface area contributed by atoms with Gasteiger partial charge in [-0.05, 0) is 18.4 Å². The molecule has 0 radical (unpaired) electrons. The molecule has 2 heterocycles. The van der Waals surface area contributed by atoms with Crippen molar-refractivity contribution >= 4 is 22.6 Å². The lowest BCUT2D eigenvalue weighted by molar-refractivity contribution is -0.00000315. The number of nitrogens with zero attached hydrogens (tertiary/aromatic N) is 2. The largest absolute Gasteiger partial charge is 1.00 e. The van der Waals surface area contributed by atoms with E-state index in [4.69, 9.17) is 0 Å². The van der Waals surface area contributed by atoms with Gasteiger partial charge in [-0.3, -0.25) is 4.99 Å². The quantitative estimate of drug-likeness (QED) is 0.736. The lowest BCUT2D eigenvalue weighted by Gasteiger charge is -2.20. The van der Waals surface area contributed by atoms with Gasteiger partial charge in [0.25, 0.3) is 0 Å². The molecule has 1 aromatic rings. The zero-order valence-corrected chi connectivity index (χ0v) is 11.9. The molecule has 90 valence electrons. The summed E-state index contributed by atoms with van der Waals surface area (Å²) in [6.45, 7) is 2.08. The van der Waals surface area contributed by atoms with E-state index < -0.39 is 0 Å². The molecule has 0 amide bonds. The first-order valence-corrected chi connectivity index (χ1v) is 6.57. The van der Waals surface area contributed by atoms with Gasteiger partial charge in [0.1, 0.15) is 0 Å². The molecule has 0 spiro atoms. The average molecular weight is 310 g/mol. The molecule has 17 heavy (non-hydrogen) atoms. The summed E-state index contributed by atoms with van der Waals surface area (Å²) in [5, 5.41) is 3.40. The van der Waals surface area contributed by atoms with Crippen molar-refractivity contribution in [2.75, 3.05) is 13.1 Å². The van der Waals surface area contributed by atoms with Crippen LogP contribution in [0.5, 0.6) is 0 Å². The Kier molecular flexibility index (Phi) is 4.29.